The Kier molecular flexibility index (Phi) is 5.71. The molecule has 2 aliphatic rings. The molecule has 166 valence electrons. The van der Waals surface area contributed by atoms with Crippen LogP contribution in [-0.2, 0) is 4.74 Å². The van der Waals surface area contributed by atoms with Crippen molar-refractivity contribution in [2.75, 3.05) is 19.6 Å². The highest BCUT2D eigenvalue weighted by atomic mass is 16.5. The maximum atomic E-state index is 13.2. The van der Waals surface area contributed by atoms with Crippen molar-refractivity contribution in [1.82, 2.24) is 30.4 Å². The zero-order valence-corrected chi connectivity index (χ0v) is 18.4. The summed E-state index contributed by atoms with van der Waals surface area (Å²) in [4.78, 5) is 15.6. The Hall–Kier alpha value is -3.10. The van der Waals surface area contributed by atoms with Gasteiger partial charge in [0.1, 0.15) is 6.33 Å². The highest BCUT2D eigenvalue weighted by molar-refractivity contribution is 5.96. The molecule has 2 bridgehead atoms. The molecular formula is C24H28N6O2. The fourth-order valence-electron chi connectivity index (χ4n) is 4.66. The number of aryl methyl sites for hydroxylation is 1. The molecule has 8 nitrogen and oxygen atoms in total. The summed E-state index contributed by atoms with van der Waals surface area (Å²) < 4.78 is 7.49. The van der Waals surface area contributed by atoms with Gasteiger partial charge in [-0.2, -0.15) is 0 Å². The predicted molar refractivity (Wildman–Crippen MR) is 121 cm³/mol. The van der Waals surface area contributed by atoms with Gasteiger partial charge in [-0.3, -0.25) is 9.69 Å². The molecule has 0 aliphatic carbocycles. The van der Waals surface area contributed by atoms with Gasteiger partial charge < -0.3 is 10.1 Å². The lowest BCUT2D eigenvalue weighted by molar-refractivity contribution is -0.0399. The van der Waals surface area contributed by atoms with Gasteiger partial charge in [-0.05, 0) is 66.4 Å². The van der Waals surface area contributed by atoms with E-state index in [4.69, 9.17) is 4.74 Å². The van der Waals surface area contributed by atoms with Gasteiger partial charge in [-0.1, -0.05) is 29.8 Å². The zero-order valence-electron chi connectivity index (χ0n) is 18.4. The largest absolute Gasteiger partial charge is 0.372 e. The summed E-state index contributed by atoms with van der Waals surface area (Å²) in [5.74, 6) is -0.1000. The Balaban J connectivity index is 1.35. The van der Waals surface area contributed by atoms with Crippen LogP contribution in [0.1, 0.15) is 35.7 Å². The molecule has 0 spiro atoms. The average Bonchev–Trinajstić information content (AvgIpc) is 3.43. The van der Waals surface area contributed by atoms with Gasteiger partial charge in [-0.25, -0.2) is 4.68 Å². The second-order valence-corrected chi connectivity index (χ2v) is 8.94. The first-order valence-electron chi connectivity index (χ1n) is 11.2. The molecule has 3 atom stereocenters. The molecule has 2 fully saturated rings. The zero-order chi connectivity index (χ0) is 22.1. The first kappa shape index (κ1) is 20.8. The fraction of sp³-hybridized carbons (Fsp3) is 0.417. The number of tetrazole rings is 1. The Labute approximate surface area is 187 Å². The van der Waals surface area contributed by atoms with E-state index in [0.717, 1.165) is 49.3 Å². The minimum absolute atomic E-state index is 0.0273. The van der Waals surface area contributed by atoms with E-state index in [0.29, 0.717) is 17.8 Å². The van der Waals surface area contributed by atoms with Crippen LogP contribution in [0.2, 0.25) is 0 Å². The summed E-state index contributed by atoms with van der Waals surface area (Å²) in [6.07, 6.45) is 4.52. The molecule has 8 heteroatoms. The van der Waals surface area contributed by atoms with Crippen LogP contribution in [-0.4, -0.2) is 68.9 Å². The van der Waals surface area contributed by atoms with Crippen LogP contribution in [0.3, 0.4) is 0 Å². The normalized spacial score (nSPS) is 21.4. The van der Waals surface area contributed by atoms with E-state index in [9.17, 15) is 4.79 Å². The summed E-state index contributed by atoms with van der Waals surface area (Å²) in [5, 5.41) is 14.6. The topological polar surface area (TPSA) is 85.2 Å². The first-order chi connectivity index (χ1) is 15.5. The van der Waals surface area contributed by atoms with Crippen LogP contribution in [0.15, 0.2) is 48.8 Å². The second-order valence-electron chi connectivity index (χ2n) is 8.94. The van der Waals surface area contributed by atoms with E-state index in [2.05, 4.69) is 63.9 Å². The third kappa shape index (κ3) is 4.56. The molecule has 1 amide bonds. The van der Waals surface area contributed by atoms with Crippen molar-refractivity contribution in [3.05, 3.63) is 59.9 Å². The van der Waals surface area contributed by atoms with E-state index in [1.54, 1.807) is 4.68 Å². The number of likely N-dealkylation sites (tertiary alicyclic amines) is 1. The Morgan fingerprint density at radius 2 is 1.88 bits per heavy atom. The number of carbonyl (C=O) groups excluding carboxylic acids is 1. The van der Waals surface area contributed by atoms with Crippen LogP contribution < -0.4 is 5.32 Å². The van der Waals surface area contributed by atoms with Crippen molar-refractivity contribution in [3.8, 4) is 16.8 Å². The number of benzene rings is 2. The molecule has 3 unspecified atom stereocenters. The van der Waals surface area contributed by atoms with Crippen molar-refractivity contribution >= 4 is 5.91 Å². The molecule has 2 saturated heterocycles. The summed E-state index contributed by atoms with van der Waals surface area (Å²) in [6.45, 7) is 6.83. The first-order valence-corrected chi connectivity index (χ1v) is 11.2. The van der Waals surface area contributed by atoms with Crippen molar-refractivity contribution in [2.24, 2.45) is 0 Å². The highest BCUT2D eigenvalue weighted by Gasteiger charge is 2.34. The average molecular weight is 433 g/mol. The van der Waals surface area contributed by atoms with Crippen molar-refractivity contribution in [3.63, 3.8) is 0 Å². The number of carbonyl (C=O) groups is 1. The molecule has 1 aromatic heterocycles. The standard InChI is InChI=1S/C24H28N6O2/c1-16-3-5-18(6-4-16)19-9-20(11-21(10-19)30-15-25-27-28-30)24(31)26-17(2)12-29-13-22-7-8-23(14-29)32-22/h3-6,9-11,15,17,22-23H,7-8,12-14H2,1-2H3,(H,26,31). The lowest BCUT2D eigenvalue weighted by Crippen LogP contribution is -2.49. The molecule has 5 rings (SSSR count). The monoisotopic (exact) mass is 432 g/mol. The summed E-state index contributed by atoms with van der Waals surface area (Å²) in [6, 6.07) is 14.0. The van der Waals surface area contributed by atoms with Crippen molar-refractivity contribution in [1.29, 1.82) is 0 Å². The number of nitrogens with one attached hydrogen (secondary N) is 1. The van der Waals surface area contributed by atoms with Gasteiger partial charge in [0.15, 0.2) is 0 Å². The Morgan fingerprint density at radius 3 is 2.56 bits per heavy atom. The maximum Gasteiger partial charge on any atom is 0.251 e. The third-order valence-electron chi connectivity index (χ3n) is 6.21. The predicted octanol–water partition coefficient (Wildman–Crippen LogP) is 2.62. The van der Waals surface area contributed by atoms with Gasteiger partial charge in [0, 0.05) is 31.2 Å². The van der Waals surface area contributed by atoms with Gasteiger partial charge in [0.25, 0.3) is 5.91 Å². The number of fused-ring (bicyclic) bond motifs is 2. The fourth-order valence-corrected chi connectivity index (χ4v) is 4.66. The van der Waals surface area contributed by atoms with E-state index in [1.165, 1.54) is 11.9 Å². The number of hydrogen-bond acceptors (Lipinski definition) is 6. The van der Waals surface area contributed by atoms with Gasteiger partial charge in [0.05, 0.1) is 17.9 Å². The minimum Gasteiger partial charge on any atom is -0.372 e. The Morgan fingerprint density at radius 1 is 1.12 bits per heavy atom. The highest BCUT2D eigenvalue weighted by Crippen LogP contribution is 2.27. The molecule has 1 N–H and O–H groups in total. The van der Waals surface area contributed by atoms with Crippen LogP contribution in [0.4, 0.5) is 0 Å². The summed E-state index contributed by atoms with van der Waals surface area (Å²) in [7, 11) is 0. The number of morpholine rings is 1. The molecule has 32 heavy (non-hydrogen) atoms. The Bertz CT molecular complexity index is 1070. The number of hydrogen-bond donors (Lipinski definition) is 1. The number of amides is 1. The molecular weight excluding hydrogens is 404 g/mol. The van der Waals surface area contributed by atoms with Crippen LogP contribution >= 0.6 is 0 Å². The molecule has 2 aliphatic heterocycles. The number of ether oxygens (including phenoxy) is 1. The van der Waals surface area contributed by atoms with Crippen molar-refractivity contribution < 1.29 is 9.53 Å². The summed E-state index contributed by atoms with van der Waals surface area (Å²) >= 11 is 0. The van der Waals surface area contributed by atoms with E-state index in [-0.39, 0.29) is 11.9 Å². The number of rotatable bonds is 6. The van der Waals surface area contributed by atoms with Crippen molar-refractivity contribution in [2.45, 2.75) is 44.9 Å². The molecule has 2 aromatic carbocycles. The minimum atomic E-state index is -0.1000. The van der Waals surface area contributed by atoms with Gasteiger partial charge in [0.2, 0.25) is 0 Å². The number of aromatic nitrogens is 4. The lowest BCUT2D eigenvalue weighted by Gasteiger charge is -2.33. The van der Waals surface area contributed by atoms with Crippen LogP contribution in [0.25, 0.3) is 16.8 Å². The molecule has 3 heterocycles. The lowest BCUT2D eigenvalue weighted by atomic mass is 10.0. The molecule has 0 radical (unpaired) electrons. The molecule has 0 saturated carbocycles. The van der Waals surface area contributed by atoms with E-state index >= 15 is 0 Å². The smallest absolute Gasteiger partial charge is 0.251 e. The third-order valence-corrected chi connectivity index (χ3v) is 6.21. The van der Waals surface area contributed by atoms with Gasteiger partial charge in [-0.15, -0.1) is 5.10 Å². The van der Waals surface area contributed by atoms with Crippen LogP contribution in [0.5, 0.6) is 0 Å². The van der Waals surface area contributed by atoms with E-state index in [1.807, 2.05) is 18.2 Å². The second kappa shape index (κ2) is 8.80. The SMILES string of the molecule is Cc1ccc(-c2cc(C(=O)NC(C)CN3CC4CCC(C3)O4)cc(-n3cnnn3)c2)cc1. The number of nitrogens with zero attached hydrogens (tertiary/aromatic N) is 5. The summed E-state index contributed by atoms with van der Waals surface area (Å²) in [5.41, 5.74) is 4.50. The molecule has 3 aromatic rings. The quantitative estimate of drug-likeness (QED) is 0.645. The van der Waals surface area contributed by atoms with Crippen LogP contribution in [0, 0.1) is 6.92 Å². The van der Waals surface area contributed by atoms with E-state index < -0.39 is 0 Å². The van der Waals surface area contributed by atoms with Gasteiger partial charge >= 0.3 is 0 Å². The maximum absolute atomic E-state index is 13.2.